The normalized spacial score (nSPS) is 22.2. The Bertz CT molecular complexity index is 597. The Kier molecular flexibility index (Phi) is 4.20. The number of nitrogens with two attached hydrogens (primary N) is 1. The maximum atomic E-state index is 6.03. The molecule has 0 aliphatic heterocycles. The molecular formula is C16H21N3O2. The van der Waals surface area contributed by atoms with Gasteiger partial charge in [-0.15, -0.1) is 0 Å². The van der Waals surface area contributed by atoms with Crippen LogP contribution in [0.25, 0.3) is 11.4 Å². The third kappa shape index (κ3) is 3.08. The average molecular weight is 287 g/mol. The van der Waals surface area contributed by atoms with Crippen LogP contribution in [0.2, 0.25) is 0 Å². The predicted octanol–water partition coefficient (Wildman–Crippen LogP) is 3.12. The Morgan fingerprint density at radius 1 is 1.33 bits per heavy atom. The minimum Gasteiger partial charge on any atom is -0.493 e. The van der Waals surface area contributed by atoms with Gasteiger partial charge in [0, 0.05) is 12.0 Å². The van der Waals surface area contributed by atoms with E-state index in [0.717, 1.165) is 37.0 Å². The minimum absolute atomic E-state index is 0.245. The first-order valence-corrected chi connectivity index (χ1v) is 7.59. The van der Waals surface area contributed by atoms with E-state index in [9.17, 15) is 0 Å². The van der Waals surface area contributed by atoms with Crippen molar-refractivity contribution < 1.29 is 9.26 Å². The summed E-state index contributed by atoms with van der Waals surface area (Å²) in [4.78, 5) is 4.57. The molecule has 1 aliphatic rings. The monoisotopic (exact) mass is 287 g/mol. The molecule has 1 saturated carbocycles. The second kappa shape index (κ2) is 6.26. The maximum Gasteiger partial charge on any atom is 0.230 e. The van der Waals surface area contributed by atoms with Gasteiger partial charge in [0.1, 0.15) is 5.75 Å². The Morgan fingerprint density at radius 2 is 2.19 bits per heavy atom. The minimum atomic E-state index is 0.245. The van der Waals surface area contributed by atoms with Crippen LogP contribution in [0.5, 0.6) is 5.75 Å². The van der Waals surface area contributed by atoms with Crippen molar-refractivity contribution in [2.24, 2.45) is 5.73 Å². The Morgan fingerprint density at radius 3 is 3.00 bits per heavy atom. The number of aromatic nitrogens is 2. The quantitative estimate of drug-likeness (QED) is 0.935. The number of nitrogens with zero attached hydrogens (tertiary/aromatic N) is 2. The topological polar surface area (TPSA) is 74.2 Å². The molecule has 5 heteroatoms. The van der Waals surface area contributed by atoms with E-state index in [1.165, 1.54) is 0 Å². The van der Waals surface area contributed by atoms with Crippen molar-refractivity contribution in [3.05, 3.63) is 30.2 Å². The molecule has 2 atom stereocenters. The lowest BCUT2D eigenvalue weighted by Crippen LogP contribution is -2.26. The van der Waals surface area contributed by atoms with Crippen LogP contribution in [0.4, 0.5) is 0 Å². The van der Waals surface area contributed by atoms with E-state index in [2.05, 4.69) is 10.1 Å². The van der Waals surface area contributed by atoms with Gasteiger partial charge in [0.25, 0.3) is 0 Å². The standard InChI is InChI=1S/C16H21N3O2/c1-2-20-14-9-4-3-8-13(14)15-18-16(21-19-15)11-6-5-7-12(17)10-11/h3-4,8-9,11-12H,2,5-7,10,17H2,1H3. The fourth-order valence-corrected chi connectivity index (χ4v) is 2.90. The van der Waals surface area contributed by atoms with Gasteiger partial charge >= 0.3 is 0 Å². The summed E-state index contributed by atoms with van der Waals surface area (Å²) < 4.78 is 11.1. The summed E-state index contributed by atoms with van der Waals surface area (Å²) >= 11 is 0. The van der Waals surface area contributed by atoms with Gasteiger partial charge in [-0.05, 0) is 38.3 Å². The second-order valence-electron chi connectivity index (χ2n) is 5.51. The zero-order valence-electron chi connectivity index (χ0n) is 12.3. The zero-order chi connectivity index (χ0) is 14.7. The van der Waals surface area contributed by atoms with Gasteiger partial charge in [0.05, 0.1) is 12.2 Å². The van der Waals surface area contributed by atoms with Crippen LogP contribution in [-0.4, -0.2) is 22.8 Å². The highest BCUT2D eigenvalue weighted by molar-refractivity contribution is 5.63. The van der Waals surface area contributed by atoms with Crippen molar-refractivity contribution in [1.29, 1.82) is 0 Å². The van der Waals surface area contributed by atoms with E-state index in [0.29, 0.717) is 18.3 Å². The van der Waals surface area contributed by atoms with Gasteiger partial charge in [-0.3, -0.25) is 0 Å². The smallest absolute Gasteiger partial charge is 0.230 e. The summed E-state index contributed by atoms with van der Waals surface area (Å²) in [6.07, 6.45) is 4.21. The average Bonchev–Trinajstić information content (AvgIpc) is 2.98. The van der Waals surface area contributed by atoms with Gasteiger partial charge in [-0.2, -0.15) is 4.98 Å². The van der Waals surface area contributed by atoms with Crippen molar-refractivity contribution >= 4 is 0 Å². The van der Waals surface area contributed by atoms with Crippen LogP contribution >= 0.6 is 0 Å². The van der Waals surface area contributed by atoms with Gasteiger partial charge < -0.3 is 15.0 Å². The molecule has 0 saturated heterocycles. The molecule has 1 fully saturated rings. The SMILES string of the molecule is CCOc1ccccc1-c1noc(C2CCCC(N)C2)n1. The van der Waals surface area contributed by atoms with Crippen LogP contribution in [0, 0.1) is 0 Å². The molecule has 1 heterocycles. The lowest BCUT2D eigenvalue weighted by Gasteiger charge is -2.23. The number of rotatable bonds is 4. The summed E-state index contributed by atoms with van der Waals surface area (Å²) in [5.41, 5.74) is 6.90. The third-order valence-corrected chi connectivity index (χ3v) is 3.93. The van der Waals surface area contributed by atoms with Crippen molar-refractivity contribution in [2.75, 3.05) is 6.61 Å². The molecule has 1 aliphatic carbocycles. The molecule has 2 aromatic rings. The van der Waals surface area contributed by atoms with Crippen molar-refractivity contribution in [3.8, 4) is 17.1 Å². The Balaban J connectivity index is 1.84. The highest BCUT2D eigenvalue weighted by Crippen LogP contribution is 2.33. The van der Waals surface area contributed by atoms with Crippen LogP contribution < -0.4 is 10.5 Å². The molecule has 5 nitrogen and oxygen atoms in total. The van der Waals surface area contributed by atoms with E-state index >= 15 is 0 Å². The number of para-hydroxylation sites is 1. The molecule has 0 bridgehead atoms. The molecule has 2 N–H and O–H groups in total. The lowest BCUT2D eigenvalue weighted by molar-refractivity contribution is 0.298. The summed E-state index contributed by atoms with van der Waals surface area (Å²) in [6.45, 7) is 2.57. The fraction of sp³-hybridized carbons (Fsp3) is 0.500. The van der Waals surface area contributed by atoms with Crippen LogP contribution in [0.15, 0.2) is 28.8 Å². The van der Waals surface area contributed by atoms with Crippen LogP contribution in [0.1, 0.15) is 44.4 Å². The molecule has 112 valence electrons. The van der Waals surface area contributed by atoms with Crippen molar-refractivity contribution in [1.82, 2.24) is 10.1 Å². The summed E-state index contributed by atoms with van der Waals surface area (Å²) in [5, 5.41) is 4.12. The molecular weight excluding hydrogens is 266 g/mol. The number of ether oxygens (including phenoxy) is 1. The van der Waals surface area contributed by atoms with E-state index in [4.69, 9.17) is 15.0 Å². The number of hydrogen-bond donors (Lipinski definition) is 1. The van der Waals surface area contributed by atoms with E-state index in [-0.39, 0.29) is 12.0 Å². The van der Waals surface area contributed by atoms with E-state index in [1.807, 2.05) is 31.2 Å². The molecule has 1 aromatic heterocycles. The molecule has 2 unspecified atom stereocenters. The summed E-state index contributed by atoms with van der Waals surface area (Å²) in [7, 11) is 0. The van der Waals surface area contributed by atoms with E-state index < -0.39 is 0 Å². The second-order valence-corrected chi connectivity index (χ2v) is 5.51. The first-order valence-electron chi connectivity index (χ1n) is 7.59. The molecule has 0 amide bonds. The molecule has 1 aromatic carbocycles. The third-order valence-electron chi connectivity index (χ3n) is 3.93. The molecule has 0 radical (unpaired) electrons. The first kappa shape index (κ1) is 14.1. The lowest BCUT2D eigenvalue weighted by atomic mass is 9.86. The first-order chi connectivity index (χ1) is 10.3. The van der Waals surface area contributed by atoms with Gasteiger partial charge in [-0.25, -0.2) is 0 Å². The van der Waals surface area contributed by atoms with Crippen LogP contribution in [0.3, 0.4) is 0 Å². The van der Waals surface area contributed by atoms with Crippen LogP contribution in [-0.2, 0) is 0 Å². The van der Waals surface area contributed by atoms with E-state index in [1.54, 1.807) is 0 Å². The fourth-order valence-electron chi connectivity index (χ4n) is 2.90. The molecule has 0 spiro atoms. The predicted molar refractivity (Wildman–Crippen MR) is 80.1 cm³/mol. The zero-order valence-corrected chi connectivity index (χ0v) is 12.3. The summed E-state index contributed by atoms with van der Waals surface area (Å²) in [5.74, 6) is 2.36. The van der Waals surface area contributed by atoms with Crippen molar-refractivity contribution in [3.63, 3.8) is 0 Å². The maximum absolute atomic E-state index is 6.03. The summed E-state index contributed by atoms with van der Waals surface area (Å²) in [6, 6.07) is 8.01. The highest BCUT2D eigenvalue weighted by atomic mass is 16.5. The molecule has 21 heavy (non-hydrogen) atoms. The number of benzene rings is 1. The van der Waals surface area contributed by atoms with Gasteiger partial charge in [-0.1, -0.05) is 23.7 Å². The van der Waals surface area contributed by atoms with Gasteiger partial charge in [0.15, 0.2) is 0 Å². The highest BCUT2D eigenvalue weighted by Gasteiger charge is 2.26. The molecule has 3 rings (SSSR count). The Labute approximate surface area is 124 Å². The van der Waals surface area contributed by atoms with Gasteiger partial charge in [0.2, 0.25) is 11.7 Å². The Hall–Kier alpha value is -1.88. The number of hydrogen-bond acceptors (Lipinski definition) is 5. The largest absolute Gasteiger partial charge is 0.493 e. The van der Waals surface area contributed by atoms with Crippen molar-refractivity contribution in [2.45, 2.75) is 44.6 Å².